The largest absolute Gasteiger partial charge is 0.761 e. The van der Waals surface area contributed by atoms with Gasteiger partial charge in [0.2, 0.25) is 0 Å². The Hall–Kier alpha value is -2.91. The van der Waals surface area contributed by atoms with Crippen LogP contribution >= 0.6 is 0 Å². The average molecular weight is 337 g/mol. The molecule has 25 heavy (non-hydrogen) atoms. The number of aryl methyl sites for hydroxylation is 1. The van der Waals surface area contributed by atoms with Gasteiger partial charge in [0.05, 0.1) is 5.69 Å². The molecule has 0 aliphatic carbocycles. The normalized spacial score (nSPS) is 13.9. The lowest BCUT2D eigenvalue weighted by Gasteiger charge is -2.31. The molecule has 0 amide bonds. The zero-order valence-corrected chi connectivity index (χ0v) is 13.9. The van der Waals surface area contributed by atoms with Crippen LogP contribution in [0.15, 0.2) is 42.2 Å². The number of pyridine rings is 2. The van der Waals surface area contributed by atoms with Gasteiger partial charge in [0, 0.05) is 25.5 Å². The molecule has 0 unspecified atom stereocenters. The first-order valence-corrected chi connectivity index (χ1v) is 8.07. The highest BCUT2D eigenvalue weighted by Crippen LogP contribution is 2.26. The number of nitrogens with zero attached hydrogens (tertiary/aromatic N) is 3. The molecule has 1 N–H and O–H groups in total. The summed E-state index contributed by atoms with van der Waals surface area (Å²) >= 11 is 0. The van der Waals surface area contributed by atoms with E-state index in [1.807, 2.05) is 11.6 Å². The monoisotopic (exact) mass is 337 g/mol. The third-order valence-electron chi connectivity index (χ3n) is 4.15. The molecule has 0 spiro atoms. The Morgan fingerprint density at radius 3 is 2.80 bits per heavy atom. The SMILES string of the molecule is Cc1ccnc(C#CC=C2CCN(c3ncccc3N[O-])CC2)c1F. The Labute approximate surface area is 146 Å². The third-order valence-corrected chi connectivity index (χ3v) is 4.15. The molecule has 2 aromatic rings. The second kappa shape index (κ2) is 7.77. The minimum Gasteiger partial charge on any atom is -0.761 e. The molecule has 0 aromatic carbocycles. The van der Waals surface area contributed by atoms with Crippen LogP contribution in [0.1, 0.15) is 24.1 Å². The number of aromatic nitrogens is 2. The molecule has 128 valence electrons. The molecule has 0 bridgehead atoms. The number of allylic oxidation sites excluding steroid dienone is 1. The van der Waals surface area contributed by atoms with Crippen molar-refractivity contribution in [1.29, 1.82) is 0 Å². The highest BCUT2D eigenvalue weighted by molar-refractivity contribution is 5.66. The van der Waals surface area contributed by atoms with Gasteiger partial charge in [0.25, 0.3) is 0 Å². The first-order chi connectivity index (χ1) is 12.2. The Morgan fingerprint density at radius 1 is 1.24 bits per heavy atom. The molecule has 6 heteroatoms. The summed E-state index contributed by atoms with van der Waals surface area (Å²) in [4.78, 5) is 10.3. The zero-order chi connectivity index (χ0) is 17.6. The lowest BCUT2D eigenvalue weighted by Crippen LogP contribution is -2.31. The van der Waals surface area contributed by atoms with E-state index in [2.05, 4.69) is 26.7 Å². The van der Waals surface area contributed by atoms with E-state index in [1.54, 1.807) is 37.5 Å². The smallest absolute Gasteiger partial charge is 0.160 e. The average Bonchev–Trinajstić information content (AvgIpc) is 2.66. The van der Waals surface area contributed by atoms with Crippen molar-refractivity contribution in [3.63, 3.8) is 0 Å². The van der Waals surface area contributed by atoms with Crippen LogP contribution in [0, 0.1) is 29.8 Å². The molecule has 1 saturated heterocycles. The minimum atomic E-state index is -0.365. The topological polar surface area (TPSA) is 64.1 Å². The van der Waals surface area contributed by atoms with Crippen LogP contribution in [0.5, 0.6) is 0 Å². The number of halogens is 1. The summed E-state index contributed by atoms with van der Waals surface area (Å²) in [5.74, 6) is 5.99. The quantitative estimate of drug-likeness (QED) is 0.672. The molecule has 1 aliphatic heterocycles. The molecule has 0 radical (unpaired) electrons. The second-order valence-electron chi connectivity index (χ2n) is 5.83. The van der Waals surface area contributed by atoms with Crippen LogP contribution in [0.2, 0.25) is 0 Å². The molecule has 0 atom stereocenters. The predicted octanol–water partition coefficient (Wildman–Crippen LogP) is 3.41. The van der Waals surface area contributed by atoms with E-state index >= 15 is 0 Å². The number of hydrogen-bond acceptors (Lipinski definition) is 5. The summed E-state index contributed by atoms with van der Waals surface area (Å²) in [6.07, 6.45) is 6.73. The number of nitrogens with one attached hydrogen (secondary N) is 1. The first-order valence-electron chi connectivity index (χ1n) is 8.07. The lowest BCUT2D eigenvalue weighted by molar-refractivity contribution is 0.607. The molecule has 1 aliphatic rings. The van der Waals surface area contributed by atoms with Crippen LogP contribution in [-0.4, -0.2) is 23.1 Å². The Morgan fingerprint density at radius 2 is 2.04 bits per heavy atom. The fraction of sp³-hybridized carbons (Fsp3) is 0.263. The van der Waals surface area contributed by atoms with Gasteiger partial charge in [-0.2, -0.15) is 0 Å². The van der Waals surface area contributed by atoms with E-state index in [0.29, 0.717) is 17.1 Å². The Kier molecular flexibility index (Phi) is 5.26. The van der Waals surface area contributed by atoms with Crippen molar-refractivity contribution >= 4 is 11.5 Å². The van der Waals surface area contributed by atoms with Gasteiger partial charge in [-0.25, -0.2) is 14.4 Å². The van der Waals surface area contributed by atoms with Crippen LogP contribution in [0.4, 0.5) is 15.9 Å². The number of rotatable bonds is 2. The van der Waals surface area contributed by atoms with Crippen molar-refractivity contribution in [1.82, 2.24) is 9.97 Å². The molecule has 5 nitrogen and oxygen atoms in total. The summed E-state index contributed by atoms with van der Waals surface area (Å²) in [7, 11) is 0. The summed E-state index contributed by atoms with van der Waals surface area (Å²) in [5, 5.41) is 11.0. The molecule has 2 aromatic heterocycles. The zero-order valence-electron chi connectivity index (χ0n) is 13.9. The van der Waals surface area contributed by atoms with E-state index in [0.717, 1.165) is 25.9 Å². The third kappa shape index (κ3) is 3.95. The van der Waals surface area contributed by atoms with Crippen molar-refractivity contribution < 1.29 is 4.39 Å². The Bertz CT molecular complexity index is 844. The molecule has 3 heterocycles. The molecule has 0 saturated carbocycles. The summed E-state index contributed by atoms with van der Waals surface area (Å²) in [6.45, 7) is 3.21. The highest BCUT2D eigenvalue weighted by atomic mass is 19.1. The van der Waals surface area contributed by atoms with Gasteiger partial charge in [-0.15, -0.1) is 0 Å². The van der Waals surface area contributed by atoms with E-state index in [4.69, 9.17) is 0 Å². The van der Waals surface area contributed by atoms with Crippen molar-refractivity contribution in [3.8, 4) is 11.8 Å². The fourth-order valence-electron chi connectivity index (χ4n) is 2.71. The van der Waals surface area contributed by atoms with Gasteiger partial charge >= 0.3 is 0 Å². The van der Waals surface area contributed by atoms with Crippen molar-refractivity contribution in [2.45, 2.75) is 19.8 Å². The van der Waals surface area contributed by atoms with Gasteiger partial charge in [0.1, 0.15) is 5.69 Å². The second-order valence-corrected chi connectivity index (χ2v) is 5.83. The van der Waals surface area contributed by atoms with Gasteiger partial charge in [-0.1, -0.05) is 11.5 Å². The summed E-state index contributed by atoms with van der Waals surface area (Å²) in [5.41, 5.74) is 4.33. The molecule has 1 fully saturated rings. The van der Waals surface area contributed by atoms with E-state index in [1.165, 1.54) is 5.57 Å². The van der Waals surface area contributed by atoms with Crippen molar-refractivity contribution in [2.24, 2.45) is 0 Å². The fourth-order valence-corrected chi connectivity index (χ4v) is 2.71. The molecular formula is C19H18FN4O-. The molecule has 3 rings (SSSR count). The lowest BCUT2D eigenvalue weighted by atomic mass is 10.0. The maximum absolute atomic E-state index is 13.8. The van der Waals surface area contributed by atoms with Gasteiger partial charge < -0.3 is 15.6 Å². The van der Waals surface area contributed by atoms with Crippen LogP contribution in [0.3, 0.4) is 0 Å². The molecular weight excluding hydrogens is 319 g/mol. The van der Waals surface area contributed by atoms with E-state index in [-0.39, 0.29) is 11.5 Å². The van der Waals surface area contributed by atoms with Gasteiger partial charge in [-0.05, 0) is 55.5 Å². The van der Waals surface area contributed by atoms with Gasteiger partial charge in [0.15, 0.2) is 11.6 Å². The standard InChI is InChI=1S/C19H18FN4O/c1-14-7-11-21-16(18(14)20)5-2-4-15-8-12-24(13-9-15)19-17(23-25)6-3-10-22-19/h3-4,6-7,10-11,23H,8-9,12-13H2,1H3/q-1. The predicted molar refractivity (Wildman–Crippen MR) is 96.6 cm³/mol. The van der Waals surface area contributed by atoms with Crippen molar-refractivity contribution in [3.05, 3.63) is 64.5 Å². The van der Waals surface area contributed by atoms with Crippen LogP contribution in [-0.2, 0) is 0 Å². The number of hydrogen-bond donors (Lipinski definition) is 1. The first kappa shape index (κ1) is 16.9. The number of piperidine rings is 1. The van der Waals surface area contributed by atoms with Crippen LogP contribution < -0.4 is 10.4 Å². The minimum absolute atomic E-state index is 0.175. The highest BCUT2D eigenvalue weighted by Gasteiger charge is 2.16. The summed E-state index contributed by atoms with van der Waals surface area (Å²) in [6, 6.07) is 5.07. The van der Waals surface area contributed by atoms with E-state index < -0.39 is 0 Å². The van der Waals surface area contributed by atoms with Gasteiger partial charge in [-0.3, -0.25) is 0 Å². The maximum atomic E-state index is 13.8. The van der Waals surface area contributed by atoms with Crippen LogP contribution in [0.25, 0.3) is 0 Å². The summed E-state index contributed by atoms with van der Waals surface area (Å²) < 4.78 is 13.8. The van der Waals surface area contributed by atoms with Crippen molar-refractivity contribution in [2.75, 3.05) is 23.5 Å². The number of anilines is 2. The van der Waals surface area contributed by atoms with E-state index in [9.17, 15) is 9.60 Å². The maximum Gasteiger partial charge on any atom is 0.160 e. The Balaban J connectivity index is 1.66.